The van der Waals surface area contributed by atoms with Crippen LogP contribution in [0.2, 0.25) is 5.02 Å². The van der Waals surface area contributed by atoms with Crippen LogP contribution in [0.4, 0.5) is 11.5 Å². The zero-order valence-corrected chi connectivity index (χ0v) is 14.0. The number of benzene rings is 1. The molecule has 2 aromatic rings. The van der Waals surface area contributed by atoms with Crippen molar-refractivity contribution in [2.45, 2.75) is 13.8 Å². The van der Waals surface area contributed by atoms with E-state index in [1.165, 1.54) is 6.20 Å². The summed E-state index contributed by atoms with van der Waals surface area (Å²) in [6, 6.07) is 7.35. The highest BCUT2D eigenvalue weighted by Gasteiger charge is 2.11. The van der Waals surface area contributed by atoms with Gasteiger partial charge in [-0.05, 0) is 53.5 Å². The Hall–Kier alpha value is -1.59. The molecule has 0 radical (unpaired) electrons. The molecule has 0 aliphatic heterocycles. The van der Waals surface area contributed by atoms with Gasteiger partial charge < -0.3 is 10.6 Å². The fourth-order valence-corrected chi connectivity index (χ4v) is 2.37. The zero-order chi connectivity index (χ0) is 15.4. The van der Waals surface area contributed by atoms with Gasteiger partial charge in [-0.2, -0.15) is 0 Å². The number of carbonyl (C=O) groups excluding carboxylic acids is 1. The van der Waals surface area contributed by atoms with Crippen LogP contribution in [0.3, 0.4) is 0 Å². The van der Waals surface area contributed by atoms with Crippen LogP contribution in [0.25, 0.3) is 0 Å². The molecule has 0 saturated heterocycles. The second-order valence-electron chi connectivity index (χ2n) is 4.52. The van der Waals surface area contributed by atoms with Crippen molar-refractivity contribution in [2.24, 2.45) is 0 Å². The van der Waals surface area contributed by atoms with Gasteiger partial charge in [0.2, 0.25) is 0 Å². The molecule has 21 heavy (non-hydrogen) atoms. The number of hydrogen-bond donors (Lipinski definition) is 2. The van der Waals surface area contributed by atoms with Crippen LogP contribution in [0.15, 0.2) is 34.9 Å². The van der Waals surface area contributed by atoms with Gasteiger partial charge in [-0.15, -0.1) is 0 Å². The predicted molar refractivity (Wildman–Crippen MR) is 90.2 cm³/mol. The molecular weight excluding hydrogens is 354 g/mol. The lowest BCUT2D eigenvalue weighted by molar-refractivity contribution is 0.102. The summed E-state index contributed by atoms with van der Waals surface area (Å²) in [5.74, 6) is 0.325. The largest absolute Gasteiger partial charge is 0.369 e. The van der Waals surface area contributed by atoms with Crippen molar-refractivity contribution < 1.29 is 4.79 Å². The first-order valence-electron chi connectivity index (χ1n) is 6.48. The Bertz CT molecular complexity index is 676. The minimum absolute atomic E-state index is 0.251. The van der Waals surface area contributed by atoms with Gasteiger partial charge >= 0.3 is 0 Å². The maximum absolute atomic E-state index is 12.2. The summed E-state index contributed by atoms with van der Waals surface area (Å²) in [7, 11) is 0. The van der Waals surface area contributed by atoms with Gasteiger partial charge in [-0.3, -0.25) is 4.79 Å². The minimum atomic E-state index is -0.251. The first-order valence-corrected chi connectivity index (χ1v) is 7.65. The first kappa shape index (κ1) is 15.8. The standard InChI is InChI=1S/C15H15BrClN3O/c1-3-18-14-12(17)7-10(8-19-14)15(21)20-13-6-9(2)4-5-11(13)16/h4-8H,3H2,1-2H3,(H,18,19)(H,20,21). The van der Waals surface area contributed by atoms with E-state index in [1.54, 1.807) is 6.07 Å². The normalized spacial score (nSPS) is 10.3. The van der Waals surface area contributed by atoms with E-state index >= 15 is 0 Å². The van der Waals surface area contributed by atoms with E-state index in [0.29, 0.717) is 28.6 Å². The summed E-state index contributed by atoms with van der Waals surface area (Å²) in [5, 5.41) is 6.29. The number of nitrogens with one attached hydrogen (secondary N) is 2. The Balaban J connectivity index is 2.20. The smallest absolute Gasteiger partial charge is 0.257 e. The average molecular weight is 369 g/mol. The van der Waals surface area contributed by atoms with Crippen molar-refractivity contribution >= 4 is 44.9 Å². The van der Waals surface area contributed by atoms with Crippen molar-refractivity contribution in [1.29, 1.82) is 0 Å². The van der Waals surface area contributed by atoms with Gasteiger partial charge in [0.1, 0.15) is 5.82 Å². The van der Waals surface area contributed by atoms with Crippen LogP contribution in [0.1, 0.15) is 22.8 Å². The molecule has 0 aliphatic rings. The number of amides is 1. The number of aryl methyl sites for hydroxylation is 1. The van der Waals surface area contributed by atoms with Crippen LogP contribution in [-0.4, -0.2) is 17.4 Å². The van der Waals surface area contributed by atoms with Crippen molar-refractivity contribution in [2.75, 3.05) is 17.2 Å². The molecule has 0 aliphatic carbocycles. The van der Waals surface area contributed by atoms with Crippen molar-refractivity contribution in [1.82, 2.24) is 4.98 Å². The van der Waals surface area contributed by atoms with E-state index in [1.807, 2.05) is 32.0 Å². The number of nitrogens with zero attached hydrogens (tertiary/aromatic N) is 1. The molecule has 0 unspecified atom stereocenters. The molecule has 0 saturated carbocycles. The fraction of sp³-hybridized carbons (Fsp3) is 0.200. The van der Waals surface area contributed by atoms with Crippen LogP contribution in [0.5, 0.6) is 0 Å². The molecule has 1 aromatic heterocycles. The van der Waals surface area contributed by atoms with E-state index in [4.69, 9.17) is 11.6 Å². The van der Waals surface area contributed by atoms with Crippen LogP contribution < -0.4 is 10.6 Å². The number of carbonyl (C=O) groups is 1. The Morgan fingerprint density at radius 1 is 1.38 bits per heavy atom. The topological polar surface area (TPSA) is 54.0 Å². The Morgan fingerprint density at radius 2 is 2.14 bits per heavy atom. The van der Waals surface area contributed by atoms with Gasteiger partial charge in [-0.25, -0.2) is 4.98 Å². The number of rotatable bonds is 4. The average Bonchev–Trinajstić information content (AvgIpc) is 2.45. The molecule has 4 nitrogen and oxygen atoms in total. The highest BCUT2D eigenvalue weighted by atomic mass is 79.9. The summed E-state index contributed by atoms with van der Waals surface area (Å²) in [5.41, 5.74) is 2.19. The molecule has 2 N–H and O–H groups in total. The van der Waals surface area contributed by atoms with Gasteiger partial charge in [0, 0.05) is 17.2 Å². The summed E-state index contributed by atoms with van der Waals surface area (Å²) >= 11 is 9.51. The number of hydrogen-bond acceptors (Lipinski definition) is 3. The van der Waals surface area contributed by atoms with Crippen LogP contribution in [-0.2, 0) is 0 Å². The van der Waals surface area contributed by atoms with Gasteiger partial charge in [0.15, 0.2) is 0 Å². The molecule has 2 rings (SSSR count). The molecule has 1 amide bonds. The third-order valence-electron chi connectivity index (χ3n) is 2.82. The summed E-state index contributed by atoms with van der Waals surface area (Å²) < 4.78 is 0.824. The van der Waals surface area contributed by atoms with Crippen LogP contribution >= 0.6 is 27.5 Å². The SMILES string of the molecule is CCNc1ncc(C(=O)Nc2cc(C)ccc2Br)cc1Cl. The second-order valence-corrected chi connectivity index (χ2v) is 5.78. The molecule has 0 atom stereocenters. The molecule has 6 heteroatoms. The van der Waals surface area contributed by atoms with E-state index in [0.717, 1.165) is 10.0 Å². The molecule has 0 spiro atoms. The molecular formula is C15H15BrClN3O. The van der Waals surface area contributed by atoms with E-state index in [2.05, 4.69) is 31.5 Å². The lowest BCUT2D eigenvalue weighted by Gasteiger charge is -2.10. The van der Waals surface area contributed by atoms with Crippen molar-refractivity contribution in [3.8, 4) is 0 Å². The van der Waals surface area contributed by atoms with Gasteiger partial charge in [0.05, 0.1) is 16.3 Å². The first-order chi connectivity index (χ1) is 10.0. The van der Waals surface area contributed by atoms with Crippen molar-refractivity contribution in [3.63, 3.8) is 0 Å². The highest BCUT2D eigenvalue weighted by Crippen LogP contribution is 2.25. The molecule has 0 fully saturated rings. The maximum atomic E-state index is 12.2. The number of pyridine rings is 1. The second kappa shape index (κ2) is 6.91. The molecule has 1 heterocycles. The Morgan fingerprint density at radius 3 is 2.81 bits per heavy atom. The van der Waals surface area contributed by atoms with E-state index in [-0.39, 0.29) is 5.91 Å². The number of halogens is 2. The summed E-state index contributed by atoms with van der Waals surface area (Å²) in [4.78, 5) is 16.4. The number of aromatic nitrogens is 1. The lowest BCUT2D eigenvalue weighted by atomic mass is 10.2. The summed E-state index contributed by atoms with van der Waals surface area (Å²) in [6.45, 7) is 4.63. The molecule has 0 bridgehead atoms. The Labute approximate surface area is 137 Å². The zero-order valence-electron chi connectivity index (χ0n) is 11.7. The Kier molecular flexibility index (Phi) is 5.20. The van der Waals surface area contributed by atoms with Gasteiger partial charge in [-0.1, -0.05) is 17.7 Å². The number of anilines is 2. The highest BCUT2D eigenvalue weighted by molar-refractivity contribution is 9.10. The fourth-order valence-electron chi connectivity index (χ4n) is 1.79. The van der Waals surface area contributed by atoms with Gasteiger partial charge in [0.25, 0.3) is 5.91 Å². The minimum Gasteiger partial charge on any atom is -0.369 e. The van der Waals surface area contributed by atoms with Crippen LogP contribution in [0, 0.1) is 6.92 Å². The third-order valence-corrected chi connectivity index (χ3v) is 3.80. The third kappa shape index (κ3) is 3.95. The quantitative estimate of drug-likeness (QED) is 0.836. The maximum Gasteiger partial charge on any atom is 0.257 e. The predicted octanol–water partition coefficient (Wildman–Crippen LogP) is 4.49. The molecule has 1 aromatic carbocycles. The molecule has 110 valence electrons. The monoisotopic (exact) mass is 367 g/mol. The lowest BCUT2D eigenvalue weighted by Crippen LogP contribution is -2.13. The summed E-state index contributed by atoms with van der Waals surface area (Å²) in [6.07, 6.45) is 1.50. The van der Waals surface area contributed by atoms with Crippen molar-refractivity contribution in [3.05, 3.63) is 51.1 Å². The van der Waals surface area contributed by atoms with E-state index in [9.17, 15) is 4.79 Å². The van der Waals surface area contributed by atoms with E-state index < -0.39 is 0 Å².